The zero-order chi connectivity index (χ0) is 23.2. The van der Waals surface area contributed by atoms with Crippen molar-refractivity contribution in [1.29, 1.82) is 0 Å². The van der Waals surface area contributed by atoms with E-state index in [1.807, 2.05) is 0 Å². The molecule has 0 heterocycles. The van der Waals surface area contributed by atoms with Crippen molar-refractivity contribution in [2.75, 3.05) is 0 Å². The molecule has 0 radical (unpaired) electrons. The molecule has 3 aromatic carbocycles. The van der Waals surface area contributed by atoms with Gasteiger partial charge in [0, 0.05) is 0 Å². The lowest BCUT2D eigenvalue weighted by Crippen LogP contribution is -2.13. The Morgan fingerprint density at radius 3 is 2.12 bits per heavy atom. The Bertz CT molecular complexity index is 1100. The third-order valence-corrected chi connectivity index (χ3v) is 6.99. The van der Waals surface area contributed by atoms with Crippen molar-refractivity contribution >= 4 is 11.1 Å². The topological polar surface area (TPSA) is 0 Å². The van der Waals surface area contributed by atoms with Gasteiger partial charge in [0.1, 0.15) is 0 Å². The van der Waals surface area contributed by atoms with Crippen LogP contribution < -0.4 is 0 Å². The zero-order valence-corrected chi connectivity index (χ0v) is 20.7. The molecule has 0 aliphatic heterocycles. The van der Waals surface area contributed by atoms with Crippen molar-refractivity contribution in [3.8, 4) is 0 Å². The molecule has 1 aliphatic rings. The summed E-state index contributed by atoms with van der Waals surface area (Å²) in [5, 5.41) is 0. The minimum atomic E-state index is 0.457. The van der Waals surface area contributed by atoms with E-state index in [1.165, 1.54) is 33.4 Å². The van der Waals surface area contributed by atoms with E-state index in [-0.39, 0.29) is 0 Å². The van der Waals surface area contributed by atoms with Crippen molar-refractivity contribution in [3.05, 3.63) is 119 Å². The molecule has 0 bridgehead atoms. The van der Waals surface area contributed by atoms with Gasteiger partial charge in [-0.3, -0.25) is 0 Å². The van der Waals surface area contributed by atoms with Crippen LogP contribution in [-0.4, -0.2) is 0 Å². The van der Waals surface area contributed by atoms with E-state index < -0.39 is 0 Å². The van der Waals surface area contributed by atoms with E-state index in [1.54, 1.807) is 5.57 Å². The Morgan fingerprint density at radius 2 is 1.45 bits per heavy atom. The second kappa shape index (κ2) is 10.8. The van der Waals surface area contributed by atoms with Crippen molar-refractivity contribution in [3.63, 3.8) is 0 Å². The highest BCUT2D eigenvalue weighted by Crippen LogP contribution is 2.43. The smallest absolute Gasteiger partial charge is 0.00779 e. The van der Waals surface area contributed by atoms with Crippen LogP contribution in [0.4, 0.5) is 0 Å². The first kappa shape index (κ1) is 23.3. The summed E-state index contributed by atoms with van der Waals surface area (Å²) in [6, 6.07) is 29.4. The molecule has 0 nitrogen and oxygen atoms in total. The average Bonchev–Trinajstić information content (AvgIpc) is 2.81. The van der Waals surface area contributed by atoms with Gasteiger partial charge < -0.3 is 0 Å². The fourth-order valence-electron chi connectivity index (χ4n) is 5.18. The molecule has 0 spiro atoms. The molecule has 0 aromatic heterocycles. The lowest BCUT2D eigenvalue weighted by atomic mass is 9.75. The van der Waals surface area contributed by atoms with Crippen molar-refractivity contribution in [2.45, 2.75) is 65.2 Å². The lowest BCUT2D eigenvalue weighted by Gasteiger charge is -2.29. The third kappa shape index (κ3) is 5.56. The van der Waals surface area contributed by atoms with Crippen molar-refractivity contribution in [2.24, 2.45) is 5.92 Å². The average molecular weight is 435 g/mol. The number of hydrogen-bond acceptors (Lipinski definition) is 0. The predicted molar refractivity (Wildman–Crippen MR) is 145 cm³/mol. The molecule has 0 N–H and O–H groups in total. The molecule has 0 saturated heterocycles. The van der Waals surface area contributed by atoms with Crippen LogP contribution in [0, 0.1) is 5.92 Å². The lowest BCUT2D eigenvalue weighted by molar-refractivity contribution is 0.670. The summed E-state index contributed by atoms with van der Waals surface area (Å²) in [7, 11) is 0. The second-order valence-electron chi connectivity index (χ2n) is 10.0. The van der Waals surface area contributed by atoms with Crippen molar-refractivity contribution in [1.82, 2.24) is 0 Å². The largest absolute Gasteiger partial charge is 0.0882 e. The Balaban J connectivity index is 1.98. The van der Waals surface area contributed by atoms with Crippen molar-refractivity contribution < 1.29 is 0 Å². The first-order valence-electron chi connectivity index (χ1n) is 12.7. The van der Waals surface area contributed by atoms with Gasteiger partial charge in [-0.2, -0.15) is 0 Å². The zero-order valence-electron chi connectivity index (χ0n) is 20.7. The molecular weight excluding hydrogens is 396 g/mol. The summed E-state index contributed by atoms with van der Waals surface area (Å²) < 4.78 is 0. The van der Waals surface area contributed by atoms with E-state index in [0.29, 0.717) is 17.8 Å². The van der Waals surface area contributed by atoms with Gasteiger partial charge in [0.05, 0.1) is 0 Å². The van der Waals surface area contributed by atoms with E-state index in [0.717, 1.165) is 25.7 Å². The molecule has 170 valence electrons. The molecule has 1 atom stereocenters. The van der Waals surface area contributed by atoms with Crippen LogP contribution in [0.3, 0.4) is 0 Å². The summed E-state index contributed by atoms with van der Waals surface area (Å²) in [6.07, 6.45) is 9.17. The van der Waals surface area contributed by atoms with Crippen LogP contribution in [-0.2, 0) is 6.42 Å². The fraction of sp³-hybridized carbons (Fsp3) is 0.333. The van der Waals surface area contributed by atoms with Gasteiger partial charge in [-0.1, -0.05) is 119 Å². The molecule has 33 heavy (non-hydrogen) atoms. The van der Waals surface area contributed by atoms with Crippen LogP contribution in [0.15, 0.2) is 91.0 Å². The molecule has 0 fully saturated rings. The maximum absolute atomic E-state index is 2.52. The van der Waals surface area contributed by atoms with E-state index in [2.05, 4.69) is 119 Å². The standard InChI is InChI=1S/C33H38/c1-24(2)28-20-21-30(25(3)4)32(23-28)33-29(22-26-14-8-5-9-15-26)18-12-7-13-19-31(33)27-16-10-6-11-17-27/h5-12,14-17,20-21,23-25,29H,13,18-19,22H2,1-4H3/b12-7-,33-31-. The van der Waals surface area contributed by atoms with E-state index in [4.69, 9.17) is 0 Å². The summed E-state index contributed by atoms with van der Waals surface area (Å²) in [6.45, 7) is 9.29. The maximum Gasteiger partial charge on any atom is -0.00779 e. The highest BCUT2D eigenvalue weighted by Gasteiger charge is 2.25. The number of hydrogen-bond donors (Lipinski definition) is 0. The highest BCUT2D eigenvalue weighted by atomic mass is 14.3. The number of rotatable bonds is 6. The summed E-state index contributed by atoms with van der Waals surface area (Å²) in [4.78, 5) is 0. The minimum absolute atomic E-state index is 0.457. The quantitative estimate of drug-likeness (QED) is 0.339. The summed E-state index contributed by atoms with van der Waals surface area (Å²) in [5.74, 6) is 1.47. The van der Waals surface area contributed by atoms with Gasteiger partial charge in [-0.05, 0) is 82.4 Å². The maximum atomic E-state index is 2.52. The SMILES string of the molecule is CC(C)c1ccc(C(C)C)c(/C2=C(\c3ccccc3)CC/C=C\CC2Cc2ccccc2)c1. The Labute approximate surface area is 201 Å². The molecule has 1 aliphatic carbocycles. The summed E-state index contributed by atoms with van der Waals surface area (Å²) in [5.41, 5.74) is 10.3. The summed E-state index contributed by atoms with van der Waals surface area (Å²) >= 11 is 0. The molecule has 1 unspecified atom stereocenters. The normalized spacial score (nSPS) is 20.0. The second-order valence-corrected chi connectivity index (χ2v) is 10.0. The molecule has 0 saturated carbocycles. The fourth-order valence-corrected chi connectivity index (χ4v) is 5.18. The highest BCUT2D eigenvalue weighted by molar-refractivity contribution is 5.93. The van der Waals surface area contributed by atoms with Gasteiger partial charge in [0.15, 0.2) is 0 Å². The van der Waals surface area contributed by atoms with Crippen LogP contribution in [0.25, 0.3) is 11.1 Å². The van der Waals surface area contributed by atoms with Gasteiger partial charge in [0.25, 0.3) is 0 Å². The number of allylic oxidation sites excluding steroid dienone is 4. The van der Waals surface area contributed by atoms with E-state index in [9.17, 15) is 0 Å². The van der Waals surface area contributed by atoms with Gasteiger partial charge in [0.2, 0.25) is 0 Å². The first-order valence-corrected chi connectivity index (χ1v) is 12.7. The molecular formula is C33H38. The number of benzene rings is 3. The first-order chi connectivity index (χ1) is 16.0. The molecule has 4 rings (SSSR count). The third-order valence-electron chi connectivity index (χ3n) is 6.99. The molecule has 0 amide bonds. The van der Waals surface area contributed by atoms with E-state index >= 15 is 0 Å². The minimum Gasteiger partial charge on any atom is -0.0882 e. The van der Waals surface area contributed by atoms with Crippen LogP contribution >= 0.6 is 0 Å². The monoisotopic (exact) mass is 434 g/mol. The van der Waals surface area contributed by atoms with Gasteiger partial charge in [-0.25, -0.2) is 0 Å². The molecule has 0 heteroatoms. The van der Waals surface area contributed by atoms with Crippen LogP contribution in [0.1, 0.15) is 86.6 Å². The van der Waals surface area contributed by atoms with Gasteiger partial charge >= 0.3 is 0 Å². The molecule has 3 aromatic rings. The van der Waals surface area contributed by atoms with Gasteiger partial charge in [-0.15, -0.1) is 0 Å². The Morgan fingerprint density at radius 1 is 0.758 bits per heavy atom. The Kier molecular flexibility index (Phi) is 7.65. The Hall–Kier alpha value is -2.86. The van der Waals surface area contributed by atoms with Crippen LogP contribution in [0.2, 0.25) is 0 Å². The van der Waals surface area contributed by atoms with Crippen LogP contribution in [0.5, 0.6) is 0 Å². The predicted octanol–water partition coefficient (Wildman–Crippen LogP) is 9.44.